The summed E-state index contributed by atoms with van der Waals surface area (Å²) in [5.41, 5.74) is -0.460. The van der Waals surface area contributed by atoms with Crippen LogP contribution in [0.4, 0.5) is 23.7 Å². The molecule has 134 valence electrons. The zero-order valence-corrected chi connectivity index (χ0v) is 13.7. The van der Waals surface area contributed by atoms with Crippen LogP contribution in [0.25, 0.3) is 0 Å². The zero-order chi connectivity index (χ0) is 19.2. The monoisotopic (exact) mass is 360 g/mol. The van der Waals surface area contributed by atoms with Gasteiger partial charge in [0, 0.05) is 6.54 Å². The molecular weight excluding hydrogens is 345 g/mol. The Labute approximate surface area is 148 Å². The molecule has 0 aliphatic heterocycles. The lowest BCUT2D eigenvalue weighted by Gasteiger charge is -2.22. The smallest absolute Gasteiger partial charge is 0.416 e. The van der Waals surface area contributed by atoms with E-state index in [2.05, 4.69) is 6.58 Å². The van der Waals surface area contributed by atoms with E-state index in [9.17, 15) is 23.2 Å². The average molecular weight is 360 g/mol. The van der Waals surface area contributed by atoms with Gasteiger partial charge in [0.25, 0.3) is 0 Å². The molecule has 0 atom stereocenters. The summed E-state index contributed by atoms with van der Waals surface area (Å²) in [7, 11) is 0. The maximum atomic E-state index is 12.8. The second-order valence-electron chi connectivity index (χ2n) is 5.28. The maximum absolute atomic E-state index is 12.8. The first-order chi connectivity index (χ1) is 12.4. The fourth-order valence-electron chi connectivity index (χ4n) is 2.23. The van der Waals surface area contributed by atoms with Crippen molar-refractivity contribution in [1.82, 2.24) is 0 Å². The molecule has 0 aromatic heterocycles. The van der Waals surface area contributed by atoms with Crippen LogP contribution < -0.4 is 4.90 Å². The van der Waals surface area contributed by atoms with E-state index in [-0.39, 0.29) is 24.4 Å². The van der Waals surface area contributed by atoms with Gasteiger partial charge in [0.15, 0.2) is 0 Å². The summed E-state index contributed by atoms with van der Waals surface area (Å²) in [5, 5.41) is 9.19. The predicted octanol–water partition coefficient (Wildman–Crippen LogP) is 4.91. The van der Waals surface area contributed by atoms with E-state index < -0.39 is 17.8 Å². The largest absolute Gasteiger partial charge is 0.444 e. The second-order valence-corrected chi connectivity index (χ2v) is 5.28. The summed E-state index contributed by atoms with van der Waals surface area (Å²) in [6.07, 6.45) is -3.98. The molecule has 0 bridgehead atoms. The van der Waals surface area contributed by atoms with Gasteiger partial charge >= 0.3 is 12.3 Å². The topological polar surface area (TPSA) is 53.3 Å². The van der Waals surface area contributed by atoms with Crippen LogP contribution in [0.1, 0.15) is 16.7 Å². The lowest BCUT2D eigenvalue weighted by atomic mass is 10.1. The number of halogens is 3. The number of rotatable bonds is 5. The Bertz CT molecular complexity index is 827. The van der Waals surface area contributed by atoms with Gasteiger partial charge in [0.1, 0.15) is 12.7 Å². The molecule has 0 saturated carbocycles. The van der Waals surface area contributed by atoms with Crippen LogP contribution in [-0.2, 0) is 17.5 Å². The minimum atomic E-state index is -4.58. The minimum Gasteiger partial charge on any atom is -0.444 e. The third-order valence-corrected chi connectivity index (χ3v) is 3.47. The fraction of sp³-hybridized carbons (Fsp3) is 0.158. The molecule has 0 spiro atoms. The summed E-state index contributed by atoms with van der Waals surface area (Å²) in [5.74, 6) is 0. The lowest BCUT2D eigenvalue weighted by molar-refractivity contribution is -0.137. The number of nitriles is 1. The molecule has 2 rings (SSSR count). The normalized spacial score (nSPS) is 10.7. The molecule has 0 unspecified atom stereocenters. The summed E-state index contributed by atoms with van der Waals surface area (Å²) in [6, 6.07) is 13.2. The highest BCUT2D eigenvalue weighted by Gasteiger charge is 2.32. The van der Waals surface area contributed by atoms with Crippen LogP contribution >= 0.6 is 0 Å². The van der Waals surface area contributed by atoms with Crippen molar-refractivity contribution in [3.05, 3.63) is 77.9 Å². The van der Waals surface area contributed by atoms with Gasteiger partial charge in [-0.3, -0.25) is 4.90 Å². The number of hydrogen-bond acceptors (Lipinski definition) is 3. The molecule has 1 amide bonds. The molecule has 2 aromatic carbocycles. The van der Waals surface area contributed by atoms with E-state index in [1.807, 2.05) is 6.07 Å². The Kier molecular flexibility index (Phi) is 6.02. The van der Waals surface area contributed by atoms with Crippen LogP contribution in [0.3, 0.4) is 0 Å². The third-order valence-electron chi connectivity index (χ3n) is 3.47. The molecule has 4 nitrogen and oxygen atoms in total. The second kappa shape index (κ2) is 8.21. The Morgan fingerprint density at radius 2 is 1.92 bits per heavy atom. The number of anilines is 1. The molecule has 0 heterocycles. The van der Waals surface area contributed by atoms with Crippen molar-refractivity contribution >= 4 is 11.8 Å². The molecule has 7 heteroatoms. The highest BCUT2D eigenvalue weighted by Crippen LogP contribution is 2.33. The van der Waals surface area contributed by atoms with Crippen molar-refractivity contribution in [3.63, 3.8) is 0 Å². The molecule has 26 heavy (non-hydrogen) atoms. The summed E-state index contributed by atoms with van der Waals surface area (Å²) < 4.78 is 43.7. The molecule has 0 saturated heterocycles. The fourth-order valence-corrected chi connectivity index (χ4v) is 2.23. The van der Waals surface area contributed by atoms with Crippen molar-refractivity contribution in [3.8, 4) is 6.07 Å². The van der Waals surface area contributed by atoms with E-state index in [1.165, 1.54) is 6.08 Å². The van der Waals surface area contributed by atoms with Crippen molar-refractivity contribution in [2.24, 2.45) is 0 Å². The number of carbonyl (C=O) groups is 1. The first-order valence-corrected chi connectivity index (χ1v) is 7.57. The average Bonchev–Trinajstić information content (AvgIpc) is 2.64. The molecule has 0 N–H and O–H groups in total. The Morgan fingerprint density at radius 3 is 2.50 bits per heavy atom. The van der Waals surface area contributed by atoms with Crippen LogP contribution in [0, 0.1) is 11.3 Å². The Balaban J connectivity index is 2.27. The van der Waals surface area contributed by atoms with Gasteiger partial charge in [-0.05, 0) is 23.8 Å². The van der Waals surface area contributed by atoms with Gasteiger partial charge in [-0.1, -0.05) is 36.4 Å². The molecule has 0 radical (unpaired) electrons. The Morgan fingerprint density at radius 1 is 1.23 bits per heavy atom. The molecule has 0 fully saturated rings. The van der Waals surface area contributed by atoms with Crippen LogP contribution in [0.2, 0.25) is 0 Å². The first kappa shape index (κ1) is 19.1. The van der Waals surface area contributed by atoms with E-state index in [1.54, 1.807) is 30.3 Å². The highest BCUT2D eigenvalue weighted by molar-refractivity contribution is 5.89. The molecule has 0 aliphatic carbocycles. The van der Waals surface area contributed by atoms with Gasteiger partial charge < -0.3 is 4.74 Å². The van der Waals surface area contributed by atoms with Gasteiger partial charge in [0.2, 0.25) is 0 Å². The first-order valence-electron chi connectivity index (χ1n) is 7.57. The molecular formula is C19H15F3N2O2. The van der Waals surface area contributed by atoms with Crippen LogP contribution in [0.15, 0.2) is 61.2 Å². The van der Waals surface area contributed by atoms with E-state index in [0.29, 0.717) is 6.07 Å². The number of benzene rings is 2. The maximum Gasteiger partial charge on any atom is 0.416 e. The third kappa shape index (κ3) is 4.63. The number of hydrogen-bond donors (Lipinski definition) is 0. The van der Waals surface area contributed by atoms with Gasteiger partial charge in [0.05, 0.1) is 16.8 Å². The number of amides is 1. The molecule has 2 aromatic rings. The van der Waals surface area contributed by atoms with Crippen LogP contribution in [-0.4, -0.2) is 12.6 Å². The predicted molar refractivity (Wildman–Crippen MR) is 90.3 cm³/mol. The van der Waals surface area contributed by atoms with Crippen LogP contribution in [0.5, 0.6) is 0 Å². The van der Waals surface area contributed by atoms with E-state index in [0.717, 1.165) is 22.6 Å². The van der Waals surface area contributed by atoms with E-state index in [4.69, 9.17) is 4.74 Å². The summed E-state index contributed by atoms with van der Waals surface area (Å²) in [6.45, 7) is 3.50. The van der Waals surface area contributed by atoms with Crippen molar-refractivity contribution < 1.29 is 22.7 Å². The number of nitrogens with zero attached hydrogens (tertiary/aromatic N) is 2. The standard InChI is InChI=1S/C19H15F3N2O2/c1-2-10-24(18(25)26-13-14-6-4-3-5-7-14)17-9-8-16(19(20,21)22)11-15(17)12-23/h2-9,11H,1,10,13H2. The summed E-state index contributed by atoms with van der Waals surface area (Å²) >= 11 is 0. The number of alkyl halides is 3. The van der Waals surface area contributed by atoms with Gasteiger partial charge in [-0.2, -0.15) is 18.4 Å². The summed E-state index contributed by atoms with van der Waals surface area (Å²) in [4.78, 5) is 13.4. The van der Waals surface area contributed by atoms with Crippen molar-refractivity contribution in [1.29, 1.82) is 5.26 Å². The van der Waals surface area contributed by atoms with Gasteiger partial charge in [-0.15, -0.1) is 6.58 Å². The van der Waals surface area contributed by atoms with E-state index >= 15 is 0 Å². The minimum absolute atomic E-state index is 0.00413. The zero-order valence-electron chi connectivity index (χ0n) is 13.7. The lowest BCUT2D eigenvalue weighted by Crippen LogP contribution is -2.32. The van der Waals surface area contributed by atoms with Gasteiger partial charge in [-0.25, -0.2) is 4.79 Å². The number of ether oxygens (including phenoxy) is 1. The molecule has 0 aliphatic rings. The SMILES string of the molecule is C=CCN(C(=O)OCc1ccccc1)c1ccc(C(F)(F)F)cc1C#N. The quantitative estimate of drug-likeness (QED) is 0.712. The highest BCUT2D eigenvalue weighted by atomic mass is 19.4. The Hall–Kier alpha value is -3.27. The number of carbonyl (C=O) groups excluding carboxylic acids is 1. The van der Waals surface area contributed by atoms with Crippen molar-refractivity contribution in [2.75, 3.05) is 11.4 Å². The van der Waals surface area contributed by atoms with Crippen molar-refractivity contribution in [2.45, 2.75) is 12.8 Å².